The first-order valence-electron chi connectivity index (χ1n) is 10.3. The van der Waals surface area contributed by atoms with Crippen LogP contribution in [0.15, 0.2) is 29.3 Å². The highest BCUT2D eigenvalue weighted by atomic mass is 16.3. The van der Waals surface area contributed by atoms with Crippen LogP contribution in [0.1, 0.15) is 32.1 Å². The minimum atomic E-state index is -0.0853. The molecule has 0 amide bonds. The van der Waals surface area contributed by atoms with Gasteiger partial charge in [0.25, 0.3) is 5.56 Å². The van der Waals surface area contributed by atoms with Crippen LogP contribution in [0.3, 0.4) is 0 Å². The van der Waals surface area contributed by atoms with Gasteiger partial charge in [0.2, 0.25) is 0 Å². The number of fused-ring (bicyclic) bond motifs is 1. The molecule has 2 aromatic rings. The number of aliphatic hydroxyl groups is 1. The summed E-state index contributed by atoms with van der Waals surface area (Å²) < 4.78 is 1.46. The van der Waals surface area contributed by atoms with Gasteiger partial charge in [0.1, 0.15) is 0 Å². The number of piperazine rings is 1. The van der Waals surface area contributed by atoms with Gasteiger partial charge in [0, 0.05) is 38.4 Å². The Labute approximate surface area is 160 Å². The molecule has 0 radical (unpaired) electrons. The molecule has 2 heterocycles. The minimum absolute atomic E-state index is 0.0592. The van der Waals surface area contributed by atoms with E-state index in [2.05, 4.69) is 14.8 Å². The molecule has 6 nitrogen and oxygen atoms in total. The van der Waals surface area contributed by atoms with Crippen molar-refractivity contribution in [1.29, 1.82) is 0 Å². The van der Waals surface area contributed by atoms with Gasteiger partial charge in [-0.05, 0) is 37.0 Å². The molecule has 1 aromatic carbocycles. The van der Waals surface area contributed by atoms with Crippen molar-refractivity contribution in [2.45, 2.75) is 38.6 Å². The van der Waals surface area contributed by atoms with Gasteiger partial charge >= 0.3 is 0 Å². The summed E-state index contributed by atoms with van der Waals surface area (Å²) >= 11 is 0. The molecule has 0 unspecified atom stereocenters. The van der Waals surface area contributed by atoms with Crippen LogP contribution < -0.4 is 10.5 Å². The van der Waals surface area contributed by atoms with Gasteiger partial charge in [-0.2, -0.15) is 0 Å². The first-order chi connectivity index (χ1) is 13.2. The predicted molar refractivity (Wildman–Crippen MR) is 108 cm³/mol. The van der Waals surface area contributed by atoms with Crippen LogP contribution in [0, 0.1) is 5.92 Å². The van der Waals surface area contributed by atoms with Crippen molar-refractivity contribution in [3.63, 3.8) is 0 Å². The lowest BCUT2D eigenvalue weighted by atomic mass is 9.89. The largest absolute Gasteiger partial charge is 0.395 e. The van der Waals surface area contributed by atoms with Gasteiger partial charge < -0.3 is 10.0 Å². The summed E-state index contributed by atoms with van der Waals surface area (Å²) in [6.07, 6.45) is 8.59. The van der Waals surface area contributed by atoms with Gasteiger partial charge in [0.15, 0.2) is 0 Å². The van der Waals surface area contributed by atoms with E-state index in [0.29, 0.717) is 5.39 Å². The van der Waals surface area contributed by atoms with E-state index in [0.717, 1.165) is 43.3 Å². The summed E-state index contributed by atoms with van der Waals surface area (Å²) in [5.74, 6) is 0.899. The zero-order chi connectivity index (χ0) is 18.6. The average Bonchev–Trinajstić information content (AvgIpc) is 2.71. The molecule has 146 valence electrons. The molecule has 1 N–H and O–H groups in total. The van der Waals surface area contributed by atoms with Crippen LogP contribution in [0.4, 0.5) is 5.69 Å². The number of aliphatic hydroxyl groups excluding tert-OH is 1. The van der Waals surface area contributed by atoms with Crippen LogP contribution in [-0.2, 0) is 6.54 Å². The van der Waals surface area contributed by atoms with Crippen molar-refractivity contribution in [3.8, 4) is 0 Å². The average molecular weight is 370 g/mol. The van der Waals surface area contributed by atoms with Crippen LogP contribution in [0.2, 0.25) is 0 Å². The summed E-state index contributed by atoms with van der Waals surface area (Å²) in [6, 6.07) is 5.94. The SMILES string of the molecule is O=c1c2ccc(N3CCN(CC4CCCCC4)CC3)cc2ncn1CCO. The fraction of sp³-hybridized carbons (Fsp3) is 0.619. The second-order valence-corrected chi connectivity index (χ2v) is 7.96. The third-order valence-electron chi connectivity index (χ3n) is 6.13. The fourth-order valence-electron chi connectivity index (χ4n) is 4.53. The Balaban J connectivity index is 1.41. The summed E-state index contributed by atoms with van der Waals surface area (Å²) in [5, 5.41) is 9.67. The molecule has 1 aliphatic heterocycles. The van der Waals surface area contributed by atoms with Gasteiger partial charge in [-0.1, -0.05) is 19.3 Å². The Hall–Kier alpha value is -1.92. The number of anilines is 1. The van der Waals surface area contributed by atoms with E-state index in [1.54, 1.807) is 0 Å². The Morgan fingerprint density at radius 2 is 1.85 bits per heavy atom. The zero-order valence-electron chi connectivity index (χ0n) is 16.0. The Morgan fingerprint density at radius 3 is 2.59 bits per heavy atom. The van der Waals surface area contributed by atoms with Crippen molar-refractivity contribution in [2.75, 3.05) is 44.2 Å². The highest BCUT2D eigenvalue weighted by molar-refractivity contribution is 5.81. The van der Waals surface area contributed by atoms with E-state index in [1.165, 1.54) is 49.5 Å². The van der Waals surface area contributed by atoms with Crippen LogP contribution in [0.25, 0.3) is 10.9 Å². The molecule has 2 aliphatic rings. The molecule has 2 fully saturated rings. The third kappa shape index (κ3) is 4.17. The maximum atomic E-state index is 12.4. The lowest BCUT2D eigenvalue weighted by molar-refractivity contribution is 0.192. The van der Waals surface area contributed by atoms with E-state index in [4.69, 9.17) is 5.11 Å². The van der Waals surface area contributed by atoms with E-state index in [9.17, 15) is 4.79 Å². The topological polar surface area (TPSA) is 61.6 Å². The summed E-state index contributed by atoms with van der Waals surface area (Å²) in [6.45, 7) is 5.76. The summed E-state index contributed by atoms with van der Waals surface area (Å²) in [7, 11) is 0. The molecule has 1 aromatic heterocycles. The molecule has 0 spiro atoms. The molecule has 0 bridgehead atoms. The van der Waals surface area contributed by atoms with Crippen LogP contribution >= 0.6 is 0 Å². The van der Waals surface area contributed by atoms with Crippen molar-refractivity contribution in [2.24, 2.45) is 5.92 Å². The van der Waals surface area contributed by atoms with Crippen molar-refractivity contribution in [3.05, 3.63) is 34.9 Å². The Morgan fingerprint density at radius 1 is 1.07 bits per heavy atom. The van der Waals surface area contributed by atoms with E-state index in [-0.39, 0.29) is 18.7 Å². The number of aromatic nitrogens is 2. The molecule has 4 rings (SSSR count). The first kappa shape index (κ1) is 18.4. The number of rotatable bonds is 5. The van der Waals surface area contributed by atoms with Crippen molar-refractivity contribution in [1.82, 2.24) is 14.5 Å². The zero-order valence-corrected chi connectivity index (χ0v) is 16.0. The number of nitrogens with zero attached hydrogens (tertiary/aromatic N) is 4. The maximum Gasteiger partial charge on any atom is 0.261 e. The second-order valence-electron chi connectivity index (χ2n) is 7.96. The normalized spacial score (nSPS) is 19.7. The lowest BCUT2D eigenvalue weighted by Crippen LogP contribution is -2.48. The summed E-state index contributed by atoms with van der Waals surface area (Å²) in [4.78, 5) is 21.9. The Bertz CT molecular complexity index is 821. The monoisotopic (exact) mass is 370 g/mol. The van der Waals surface area contributed by atoms with Crippen LogP contribution in [0.5, 0.6) is 0 Å². The van der Waals surface area contributed by atoms with Gasteiger partial charge in [0.05, 0.1) is 30.4 Å². The first-order valence-corrected chi connectivity index (χ1v) is 10.3. The van der Waals surface area contributed by atoms with Crippen molar-refractivity contribution < 1.29 is 5.11 Å². The number of benzene rings is 1. The highest BCUT2D eigenvalue weighted by Crippen LogP contribution is 2.26. The smallest absolute Gasteiger partial charge is 0.261 e. The molecular formula is C21H30N4O2. The Kier molecular flexibility index (Phi) is 5.74. The number of hydrogen-bond donors (Lipinski definition) is 1. The second kappa shape index (κ2) is 8.40. The quantitative estimate of drug-likeness (QED) is 0.873. The van der Waals surface area contributed by atoms with E-state index in [1.807, 2.05) is 18.2 Å². The van der Waals surface area contributed by atoms with Gasteiger partial charge in [-0.15, -0.1) is 0 Å². The van der Waals surface area contributed by atoms with Crippen LogP contribution in [-0.4, -0.2) is 58.9 Å². The lowest BCUT2D eigenvalue weighted by Gasteiger charge is -2.38. The molecule has 1 aliphatic carbocycles. The molecule has 6 heteroatoms. The predicted octanol–water partition coefficient (Wildman–Crippen LogP) is 2.09. The highest BCUT2D eigenvalue weighted by Gasteiger charge is 2.22. The fourth-order valence-corrected chi connectivity index (χ4v) is 4.53. The van der Waals surface area contributed by atoms with Gasteiger partial charge in [-0.3, -0.25) is 14.3 Å². The molecule has 1 saturated carbocycles. The summed E-state index contributed by atoms with van der Waals surface area (Å²) in [5.41, 5.74) is 1.79. The van der Waals surface area contributed by atoms with E-state index >= 15 is 0 Å². The third-order valence-corrected chi connectivity index (χ3v) is 6.13. The standard InChI is InChI=1S/C21H30N4O2/c26-13-12-25-16-22-20-14-18(6-7-19(20)21(25)27)24-10-8-23(9-11-24)15-17-4-2-1-3-5-17/h6-7,14,16-17,26H,1-5,8-13,15H2. The minimum Gasteiger partial charge on any atom is -0.395 e. The molecule has 0 atom stereocenters. The van der Waals surface area contributed by atoms with Crippen molar-refractivity contribution >= 4 is 16.6 Å². The van der Waals surface area contributed by atoms with E-state index < -0.39 is 0 Å². The molecule has 27 heavy (non-hydrogen) atoms. The molecule has 1 saturated heterocycles. The maximum absolute atomic E-state index is 12.4. The number of hydrogen-bond acceptors (Lipinski definition) is 5. The van der Waals surface area contributed by atoms with Gasteiger partial charge in [-0.25, -0.2) is 4.98 Å². The molecular weight excluding hydrogens is 340 g/mol.